The first-order chi connectivity index (χ1) is 7.47. The van der Waals surface area contributed by atoms with Crippen LogP contribution in [0.15, 0.2) is 4.47 Å². The maximum atomic E-state index is 4.48. The third-order valence-corrected chi connectivity index (χ3v) is 4.08. The van der Waals surface area contributed by atoms with E-state index in [1.807, 2.05) is 6.92 Å². The van der Waals surface area contributed by atoms with Gasteiger partial charge in [-0.2, -0.15) is 5.10 Å². The predicted molar refractivity (Wildman–Crippen MR) is 71.5 cm³/mol. The van der Waals surface area contributed by atoms with Crippen molar-refractivity contribution >= 4 is 15.9 Å². The fourth-order valence-corrected chi connectivity index (χ4v) is 1.96. The quantitative estimate of drug-likeness (QED) is 0.902. The number of nitrogens with zero attached hydrogens (tertiary/aromatic N) is 2. The molecular weight excluding hydrogens is 266 g/mol. The van der Waals surface area contributed by atoms with Crippen LogP contribution < -0.4 is 5.32 Å². The van der Waals surface area contributed by atoms with Gasteiger partial charge in [0.1, 0.15) is 0 Å². The molecule has 0 aliphatic heterocycles. The summed E-state index contributed by atoms with van der Waals surface area (Å²) in [5.74, 6) is 0.651. The van der Waals surface area contributed by atoms with Gasteiger partial charge in [0, 0.05) is 19.1 Å². The lowest BCUT2D eigenvalue weighted by Crippen LogP contribution is -2.31. The number of rotatable bonds is 5. The molecule has 16 heavy (non-hydrogen) atoms. The van der Waals surface area contributed by atoms with Gasteiger partial charge in [0.15, 0.2) is 0 Å². The van der Waals surface area contributed by atoms with Crippen molar-refractivity contribution in [3.05, 3.63) is 15.9 Å². The average Bonchev–Trinajstić information content (AvgIpc) is 2.51. The number of hydrogen-bond acceptors (Lipinski definition) is 2. The monoisotopic (exact) mass is 287 g/mol. The fraction of sp³-hybridized carbons (Fsp3) is 0.750. The molecule has 0 amide bonds. The number of aryl methyl sites for hydroxylation is 2. The molecule has 1 heterocycles. The molecule has 0 aliphatic carbocycles. The van der Waals surface area contributed by atoms with Crippen LogP contribution in [0, 0.1) is 12.8 Å². The highest BCUT2D eigenvalue weighted by atomic mass is 79.9. The van der Waals surface area contributed by atoms with Crippen LogP contribution in [0.2, 0.25) is 0 Å². The van der Waals surface area contributed by atoms with Crippen molar-refractivity contribution in [3.8, 4) is 0 Å². The molecule has 0 bridgehead atoms. The summed E-state index contributed by atoms with van der Waals surface area (Å²) in [6.45, 7) is 12.6. The van der Waals surface area contributed by atoms with Crippen LogP contribution in [-0.2, 0) is 13.1 Å². The number of hydrogen-bond donors (Lipinski definition) is 1. The van der Waals surface area contributed by atoms with Crippen LogP contribution >= 0.6 is 15.9 Å². The van der Waals surface area contributed by atoms with E-state index in [2.05, 4.69) is 58.7 Å². The highest BCUT2D eigenvalue weighted by Gasteiger charge is 2.13. The fourth-order valence-electron chi connectivity index (χ4n) is 1.53. The minimum absolute atomic E-state index is 0.521. The summed E-state index contributed by atoms with van der Waals surface area (Å²) in [6, 6.07) is 0.521. The Labute approximate surface area is 107 Å². The van der Waals surface area contributed by atoms with Crippen molar-refractivity contribution in [2.75, 3.05) is 0 Å². The Balaban J connectivity index is 2.73. The lowest BCUT2D eigenvalue weighted by molar-refractivity contribution is 0.416. The second-order valence-electron chi connectivity index (χ2n) is 4.58. The molecule has 3 nitrogen and oxygen atoms in total. The van der Waals surface area contributed by atoms with E-state index in [0.29, 0.717) is 12.0 Å². The Morgan fingerprint density at radius 1 is 1.38 bits per heavy atom. The van der Waals surface area contributed by atoms with Gasteiger partial charge in [0.05, 0.1) is 15.9 Å². The van der Waals surface area contributed by atoms with E-state index in [1.165, 1.54) is 5.69 Å². The molecule has 1 N–H and O–H groups in total. The standard InChI is InChI=1S/C12H22BrN3/c1-6-16-11(12(13)10(5)15-16)7-14-9(4)8(2)3/h8-9,14H,6-7H2,1-5H3. The smallest absolute Gasteiger partial charge is 0.0739 e. The summed E-state index contributed by atoms with van der Waals surface area (Å²) in [4.78, 5) is 0. The molecule has 0 saturated heterocycles. The van der Waals surface area contributed by atoms with Crippen LogP contribution in [0.4, 0.5) is 0 Å². The summed E-state index contributed by atoms with van der Waals surface area (Å²) in [6.07, 6.45) is 0. The van der Waals surface area contributed by atoms with E-state index >= 15 is 0 Å². The zero-order valence-electron chi connectivity index (χ0n) is 10.8. The highest BCUT2D eigenvalue weighted by molar-refractivity contribution is 9.10. The van der Waals surface area contributed by atoms with Crippen molar-refractivity contribution in [1.82, 2.24) is 15.1 Å². The Kier molecular flexibility index (Phi) is 4.99. The summed E-state index contributed by atoms with van der Waals surface area (Å²) in [5.41, 5.74) is 2.31. The van der Waals surface area contributed by atoms with Crippen molar-refractivity contribution in [1.29, 1.82) is 0 Å². The van der Waals surface area contributed by atoms with Gasteiger partial charge in [0.2, 0.25) is 0 Å². The first kappa shape index (κ1) is 13.7. The zero-order valence-corrected chi connectivity index (χ0v) is 12.4. The molecule has 1 unspecified atom stereocenters. The van der Waals surface area contributed by atoms with Crippen molar-refractivity contribution in [2.24, 2.45) is 5.92 Å². The maximum absolute atomic E-state index is 4.48. The molecular formula is C12H22BrN3. The molecule has 1 aromatic heterocycles. The van der Waals surface area contributed by atoms with Crippen LogP contribution in [0.5, 0.6) is 0 Å². The lowest BCUT2D eigenvalue weighted by Gasteiger charge is -2.17. The van der Waals surface area contributed by atoms with Crippen LogP contribution in [0.25, 0.3) is 0 Å². The third kappa shape index (κ3) is 3.08. The van der Waals surface area contributed by atoms with Gasteiger partial charge in [-0.15, -0.1) is 0 Å². The Bertz CT molecular complexity index is 344. The average molecular weight is 288 g/mol. The van der Waals surface area contributed by atoms with E-state index in [4.69, 9.17) is 0 Å². The summed E-state index contributed by atoms with van der Waals surface area (Å²) in [5, 5.41) is 8.02. The van der Waals surface area contributed by atoms with Gasteiger partial charge in [-0.25, -0.2) is 0 Å². The van der Waals surface area contributed by atoms with E-state index < -0.39 is 0 Å². The molecule has 1 atom stereocenters. The first-order valence-electron chi connectivity index (χ1n) is 5.92. The molecule has 1 rings (SSSR count). The Morgan fingerprint density at radius 3 is 2.50 bits per heavy atom. The van der Waals surface area contributed by atoms with Gasteiger partial charge >= 0.3 is 0 Å². The van der Waals surface area contributed by atoms with Gasteiger partial charge in [-0.05, 0) is 42.6 Å². The summed E-state index contributed by atoms with van der Waals surface area (Å²) >= 11 is 3.61. The molecule has 0 spiro atoms. The molecule has 0 fully saturated rings. The predicted octanol–water partition coefficient (Wildman–Crippen LogP) is 3.11. The first-order valence-corrected chi connectivity index (χ1v) is 6.71. The molecule has 1 aromatic rings. The molecule has 0 aliphatic rings. The molecule has 0 saturated carbocycles. The largest absolute Gasteiger partial charge is 0.308 e. The van der Waals surface area contributed by atoms with Gasteiger partial charge < -0.3 is 5.32 Å². The normalized spacial score (nSPS) is 13.4. The van der Waals surface area contributed by atoms with E-state index in [1.54, 1.807) is 0 Å². The lowest BCUT2D eigenvalue weighted by atomic mass is 10.1. The zero-order chi connectivity index (χ0) is 12.3. The topological polar surface area (TPSA) is 29.9 Å². The number of halogens is 1. The van der Waals surface area contributed by atoms with Crippen LogP contribution in [0.3, 0.4) is 0 Å². The van der Waals surface area contributed by atoms with Crippen molar-refractivity contribution in [3.63, 3.8) is 0 Å². The van der Waals surface area contributed by atoms with Gasteiger partial charge in [-0.3, -0.25) is 4.68 Å². The van der Waals surface area contributed by atoms with Crippen molar-refractivity contribution in [2.45, 2.75) is 53.8 Å². The minimum Gasteiger partial charge on any atom is -0.308 e. The van der Waals surface area contributed by atoms with E-state index in [9.17, 15) is 0 Å². The SMILES string of the molecule is CCn1nc(C)c(Br)c1CNC(C)C(C)C. The van der Waals surface area contributed by atoms with Crippen LogP contribution in [-0.4, -0.2) is 15.8 Å². The maximum Gasteiger partial charge on any atom is 0.0739 e. The highest BCUT2D eigenvalue weighted by Crippen LogP contribution is 2.21. The molecule has 0 radical (unpaired) electrons. The Morgan fingerprint density at radius 2 is 2.00 bits per heavy atom. The van der Waals surface area contributed by atoms with Gasteiger partial charge in [0.25, 0.3) is 0 Å². The van der Waals surface area contributed by atoms with E-state index in [-0.39, 0.29) is 0 Å². The van der Waals surface area contributed by atoms with Crippen molar-refractivity contribution < 1.29 is 0 Å². The summed E-state index contributed by atoms with van der Waals surface area (Å²) in [7, 11) is 0. The number of aromatic nitrogens is 2. The molecule has 92 valence electrons. The molecule has 0 aromatic carbocycles. The summed E-state index contributed by atoms with van der Waals surface area (Å²) < 4.78 is 3.19. The van der Waals surface area contributed by atoms with E-state index in [0.717, 1.165) is 23.3 Å². The number of nitrogens with one attached hydrogen (secondary N) is 1. The minimum atomic E-state index is 0.521. The Hall–Kier alpha value is -0.350. The third-order valence-electron chi connectivity index (χ3n) is 3.04. The van der Waals surface area contributed by atoms with Gasteiger partial charge in [-0.1, -0.05) is 13.8 Å². The van der Waals surface area contributed by atoms with Crippen LogP contribution in [0.1, 0.15) is 39.1 Å². The second-order valence-corrected chi connectivity index (χ2v) is 5.37. The molecule has 4 heteroatoms. The second kappa shape index (κ2) is 5.82.